The molecule has 7 nitrogen and oxygen atoms in total. The summed E-state index contributed by atoms with van der Waals surface area (Å²) >= 11 is 0. The summed E-state index contributed by atoms with van der Waals surface area (Å²) in [6, 6.07) is 9.14. The minimum Gasteiger partial charge on any atom is -0.465 e. The van der Waals surface area contributed by atoms with Gasteiger partial charge in [0.15, 0.2) is 5.78 Å². The molecule has 2 heterocycles. The van der Waals surface area contributed by atoms with Crippen molar-refractivity contribution < 1.29 is 19.5 Å². The Hall–Kier alpha value is -2.96. The minimum atomic E-state index is -0.980. The van der Waals surface area contributed by atoms with Gasteiger partial charge in [0.25, 0.3) is 0 Å². The van der Waals surface area contributed by atoms with Gasteiger partial charge in [0.05, 0.1) is 11.6 Å². The third-order valence-electron chi connectivity index (χ3n) is 9.58. The molecule has 2 aromatic rings. The zero-order valence-electron chi connectivity index (χ0n) is 22.5. The van der Waals surface area contributed by atoms with Crippen LogP contribution < -0.4 is 5.32 Å². The number of carboxylic acid groups (broad SMARTS) is 1. The minimum absolute atomic E-state index is 0.0669. The highest BCUT2D eigenvalue weighted by atomic mass is 16.4. The van der Waals surface area contributed by atoms with Crippen molar-refractivity contribution >= 4 is 28.7 Å². The van der Waals surface area contributed by atoms with Crippen LogP contribution in [0.4, 0.5) is 4.79 Å². The molecule has 7 heteroatoms. The van der Waals surface area contributed by atoms with E-state index in [1.54, 1.807) is 6.20 Å². The number of aromatic nitrogens is 1. The molecule has 0 spiro atoms. The highest BCUT2D eigenvalue weighted by Crippen LogP contribution is 2.42. The number of likely N-dealkylation sites (tertiary alicyclic amines) is 1. The zero-order chi connectivity index (χ0) is 26.6. The first kappa shape index (κ1) is 26.6. The van der Waals surface area contributed by atoms with E-state index in [0.717, 1.165) is 62.3 Å². The van der Waals surface area contributed by atoms with Gasteiger partial charge >= 0.3 is 6.09 Å². The lowest BCUT2D eigenvalue weighted by Gasteiger charge is -2.37. The lowest BCUT2D eigenvalue weighted by molar-refractivity contribution is -0.137. The third-order valence-corrected chi connectivity index (χ3v) is 9.58. The van der Waals surface area contributed by atoms with Crippen molar-refractivity contribution in [3.8, 4) is 0 Å². The van der Waals surface area contributed by atoms with Crippen LogP contribution in [-0.2, 0) is 4.79 Å². The molecule has 38 heavy (non-hydrogen) atoms. The number of hydrogen-bond acceptors (Lipinski definition) is 4. The van der Waals surface area contributed by atoms with E-state index in [1.807, 2.05) is 42.2 Å². The summed E-state index contributed by atoms with van der Waals surface area (Å²) in [5.74, 6) is 1.09. The van der Waals surface area contributed by atoms with Crippen LogP contribution in [0.1, 0.15) is 87.9 Å². The number of nitrogens with one attached hydrogen (secondary N) is 1. The van der Waals surface area contributed by atoms with Crippen molar-refractivity contribution in [2.45, 2.75) is 89.6 Å². The fourth-order valence-electron chi connectivity index (χ4n) is 7.57. The summed E-state index contributed by atoms with van der Waals surface area (Å²) in [6.45, 7) is 2.66. The van der Waals surface area contributed by atoms with Gasteiger partial charge < -0.3 is 15.3 Å². The molecule has 0 bridgehead atoms. The van der Waals surface area contributed by atoms with E-state index in [4.69, 9.17) is 0 Å². The summed E-state index contributed by atoms with van der Waals surface area (Å²) in [4.78, 5) is 45.6. The lowest BCUT2D eigenvalue weighted by atomic mass is 9.74. The molecule has 2 saturated carbocycles. The van der Waals surface area contributed by atoms with E-state index in [2.05, 4.69) is 10.3 Å². The Morgan fingerprint density at radius 2 is 1.79 bits per heavy atom. The summed E-state index contributed by atoms with van der Waals surface area (Å²) in [5.41, 5.74) is 1.54. The predicted molar refractivity (Wildman–Crippen MR) is 147 cm³/mol. The molecule has 5 rings (SSSR count). The topological polar surface area (TPSA) is 99.6 Å². The van der Waals surface area contributed by atoms with Crippen LogP contribution in [0.5, 0.6) is 0 Å². The number of hydrogen-bond donors (Lipinski definition) is 2. The molecule has 1 aromatic carbocycles. The van der Waals surface area contributed by atoms with Crippen molar-refractivity contribution in [1.29, 1.82) is 0 Å². The van der Waals surface area contributed by atoms with Gasteiger partial charge in [-0.2, -0.15) is 0 Å². The molecule has 2 aliphatic carbocycles. The molecule has 1 aliphatic heterocycles. The number of benzene rings is 1. The normalized spacial score (nSPS) is 27.2. The Morgan fingerprint density at radius 1 is 1.03 bits per heavy atom. The molecular weight excluding hydrogens is 478 g/mol. The van der Waals surface area contributed by atoms with E-state index in [0.29, 0.717) is 18.0 Å². The number of rotatable bonds is 7. The second-order valence-corrected chi connectivity index (χ2v) is 11.7. The van der Waals surface area contributed by atoms with Gasteiger partial charge in [0.1, 0.15) is 0 Å². The van der Waals surface area contributed by atoms with Crippen LogP contribution in [0.25, 0.3) is 10.9 Å². The maximum atomic E-state index is 14.1. The largest absolute Gasteiger partial charge is 0.465 e. The van der Waals surface area contributed by atoms with Gasteiger partial charge in [-0.3, -0.25) is 14.6 Å². The molecule has 3 atom stereocenters. The smallest absolute Gasteiger partial charge is 0.404 e. The van der Waals surface area contributed by atoms with Crippen LogP contribution in [-0.4, -0.2) is 51.4 Å². The molecule has 1 aromatic heterocycles. The number of carbonyl (C=O) groups is 3. The fourth-order valence-corrected chi connectivity index (χ4v) is 7.57. The van der Waals surface area contributed by atoms with Crippen LogP contribution in [0.15, 0.2) is 36.5 Å². The number of carbonyl (C=O) groups excluding carboxylic acids is 2. The predicted octanol–water partition coefficient (Wildman–Crippen LogP) is 6.07. The van der Waals surface area contributed by atoms with Gasteiger partial charge in [0.2, 0.25) is 5.91 Å². The fraction of sp³-hybridized carbons (Fsp3) is 0.613. The van der Waals surface area contributed by atoms with Gasteiger partial charge in [-0.1, -0.05) is 45.1 Å². The second kappa shape index (κ2) is 11.8. The van der Waals surface area contributed by atoms with Gasteiger partial charge in [-0.05, 0) is 80.5 Å². The van der Waals surface area contributed by atoms with E-state index in [1.165, 1.54) is 19.3 Å². The van der Waals surface area contributed by atoms with Crippen LogP contribution in [0.2, 0.25) is 0 Å². The molecule has 3 fully saturated rings. The van der Waals surface area contributed by atoms with Gasteiger partial charge in [-0.15, -0.1) is 0 Å². The number of pyridine rings is 1. The first-order chi connectivity index (χ1) is 18.5. The lowest BCUT2D eigenvalue weighted by Crippen LogP contribution is -2.48. The standard InChI is InChI=1S/C31H41N3O4/c1-2-26(33-31(37)38)21-10-12-22(13-11-21)30(36)34-18-16-25(20-7-4-3-5-8-20)28(34)29(35)24-14-15-27-23(19-24)9-6-17-32-27/h6,9,14-15,17,19-22,25-26,28,33H,2-5,7-8,10-13,16,18H2,1H3,(H,37,38)/t21?,22?,25-,26?,28-/m0/s1. The molecule has 1 unspecified atom stereocenters. The van der Waals surface area contributed by atoms with Crippen molar-refractivity contribution in [2.24, 2.45) is 23.7 Å². The molecule has 2 N–H and O–H groups in total. The molecule has 3 aliphatic rings. The Balaban J connectivity index is 1.35. The average molecular weight is 520 g/mol. The van der Waals surface area contributed by atoms with Crippen LogP contribution >= 0.6 is 0 Å². The summed E-state index contributed by atoms with van der Waals surface area (Å²) < 4.78 is 0. The number of Topliss-reactive ketones (excluding diaryl/α,β-unsaturated/α-hetero) is 1. The summed E-state index contributed by atoms with van der Waals surface area (Å²) in [7, 11) is 0. The SMILES string of the molecule is CCC(NC(=O)O)C1CCC(C(=O)N2CC[C@@H](C3CCCCC3)[C@H]2C(=O)c2ccc3ncccc3c2)CC1. The van der Waals surface area contributed by atoms with Gasteiger partial charge in [0, 0.05) is 35.7 Å². The van der Waals surface area contributed by atoms with E-state index >= 15 is 0 Å². The number of ketones is 1. The maximum Gasteiger partial charge on any atom is 0.404 e. The van der Waals surface area contributed by atoms with Gasteiger partial charge in [-0.25, -0.2) is 4.79 Å². The van der Waals surface area contributed by atoms with Crippen LogP contribution in [0, 0.1) is 23.7 Å². The van der Waals surface area contributed by atoms with Crippen LogP contribution in [0.3, 0.4) is 0 Å². The Bertz CT molecular complexity index is 1150. The monoisotopic (exact) mass is 519 g/mol. The zero-order valence-corrected chi connectivity index (χ0v) is 22.5. The summed E-state index contributed by atoms with van der Waals surface area (Å²) in [6.07, 6.45) is 11.6. The quantitative estimate of drug-likeness (QED) is 0.433. The average Bonchev–Trinajstić information content (AvgIpc) is 3.40. The second-order valence-electron chi connectivity index (χ2n) is 11.7. The molecule has 204 valence electrons. The first-order valence-corrected chi connectivity index (χ1v) is 14.6. The van der Waals surface area contributed by atoms with Crippen molar-refractivity contribution in [1.82, 2.24) is 15.2 Å². The molecule has 0 radical (unpaired) electrons. The first-order valence-electron chi connectivity index (χ1n) is 14.6. The Labute approximate surface area is 225 Å². The number of fused-ring (bicyclic) bond motifs is 1. The Morgan fingerprint density at radius 3 is 2.50 bits per heavy atom. The van der Waals surface area contributed by atoms with Crippen molar-refractivity contribution in [2.75, 3.05) is 6.54 Å². The van der Waals surface area contributed by atoms with E-state index in [-0.39, 0.29) is 35.5 Å². The molecule has 1 saturated heterocycles. The molecular formula is C31H41N3O4. The maximum absolute atomic E-state index is 14.1. The van der Waals surface area contributed by atoms with E-state index < -0.39 is 12.1 Å². The third kappa shape index (κ3) is 5.57. The number of amides is 2. The van der Waals surface area contributed by atoms with E-state index in [9.17, 15) is 19.5 Å². The summed E-state index contributed by atoms with van der Waals surface area (Å²) in [5, 5.41) is 12.8. The highest BCUT2D eigenvalue weighted by molar-refractivity contribution is 6.04. The highest BCUT2D eigenvalue weighted by Gasteiger charge is 2.47. The Kier molecular flexibility index (Phi) is 8.29. The number of nitrogens with zero attached hydrogens (tertiary/aromatic N) is 2. The van der Waals surface area contributed by atoms with Crippen molar-refractivity contribution in [3.63, 3.8) is 0 Å². The molecule has 2 amide bonds. The van der Waals surface area contributed by atoms with Crippen molar-refractivity contribution in [3.05, 3.63) is 42.1 Å².